The van der Waals surface area contributed by atoms with Crippen LogP contribution >= 0.6 is 27.5 Å². The molecule has 2 aromatic carbocycles. The van der Waals surface area contributed by atoms with E-state index in [-0.39, 0.29) is 5.97 Å². The molecule has 0 spiro atoms. The minimum absolute atomic E-state index is 0.331. The molecule has 0 unspecified atom stereocenters. The molecule has 0 bridgehead atoms. The highest BCUT2D eigenvalue weighted by atomic mass is 79.9. The quantitative estimate of drug-likeness (QED) is 0.298. The highest BCUT2D eigenvalue weighted by Crippen LogP contribution is 2.35. The fourth-order valence-electron chi connectivity index (χ4n) is 4.21. The number of benzene rings is 2. The van der Waals surface area contributed by atoms with Crippen molar-refractivity contribution in [1.29, 1.82) is 0 Å². The van der Waals surface area contributed by atoms with E-state index in [4.69, 9.17) is 21.1 Å². The molecule has 4 rings (SSSR count). The van der Waals surface area contributed by atoms with E-state index in [1.165, 1.54) is 24.0 Å². The zero-order valence-electron chi connectivity index (χ0n) is 17.0. The molecule has 4 nitrogen and oxygen atoms in total. The Kier molecular flexibility index (Phi) is 6.69. The molecule has 0 aliphatic heterocycles. The van der Waals surface area contributed by atoms with Crippen molar-refractivity contribution in [1.82, 2.24) is 4.98 Å². The molecule has 0 atom stereocenters. The summed E-state index contributed by atoms with van der Waals surface area (Å²) in [5.41, 5.74) is 5.04. The summed E-state index contributed by atoms with van der Waals surface area (Å²) >= 11 is 9.76. The van der Waals surface area contributed by atoms with Gasteiger partial charge in [-0.15, -0.1) is 0 Å². The van der Waals surface area contributed by atoms with Gasteiger partial charge in [0.05, 0.1) is 28.2 Å². The molecular formula is C24H25BrClNO3. The van der Waals surface area contributed by atoms with E-state index < -0.39 is 0 Å². The fourth-order valence-corrected chi connectivity index (χ4v) is 4.81. The number of hydrogen-bond donors (Lipinski definition) is 1. The molecule has 3 aromatic rings. The maximum absolute atomic E-state index is 12.5. The predicted octanol–water partition coefficient (Wildman–Crippen LogP) is 6.65. The first-order valence-electron chi connectivity index (χ1n) is 10.5. The van der Waals surface area contributed by atoms with E-state index in [2.05, 4.69) is 39.1 Å². The number of aromatic amines is 1. The van der Waals surface area contributed by atoms with Crippen molar-refractivity contribution in [2.45, 2.75) is 45.4 Å². The van der Waals surface area contributed by atoms with Crippen LogP contribution in [0.4, 0.5) is 0 Å². The number of fused-ring (bicyclic) bond motifs is 2. The second-order valence-corrected chi connectivity index (χ2v) is 8.74. The predicted molar refractivity (Wildman–Crippen MR) is 124 cm³/mol. The Balaban J connectivity index is 1.52. The van der Waals surface area contributed by atoms with Crippen LogP contribution in [0.25, 0.3) is 10.9 Å². The van der Waals surface area contributed by atoms with Gasteiger partial charge in [-0.05, 0) is 90.2 Å². The van der Waals surface area contributed by atoms with Gasteiger partial charge in [-0.2, -0.15) is 0 Å². The third-order valence-corrected chi connectivity index (χ3v) is 7.00. The number of carbonyl (C=O) groups is 1. The smallest absolute Gasteiger partial charge is 0.355 e. The first-order chi connectivity index (χ1) is 14.6. The van der Waals surface area contributed by atoms with Gasteiger partial charge in [0, 0.05) is 5.39 Å². The van der Waals surface area contributed by atoms with Gasteiger partial charge >= 0.3 is 5.97 Å². The van der Waals surface area contributed by atoms with Gasteiger partial charge in [0.15, 0.2) is 0 Å². The van der Waals surface area contributed by atoms with Crippen LogP contribution in [0, 0.1) is 0 Å². The SMILES string of the molecule is CCOC(=O)c1[nH]c2c(Br)c(Cl)ccc2c1CCCOc1cccc2c1CCCC2. The number of ether oxygens (including phenoxy) is 2. The largest absolute Gasteiger partial charge is 0.493 e. The summed E-state index contributed by atoms with van der Waals surface area (Å²) in [6.45, 7) is 2.74. The van der Waals surface area contributed by atoms with Crippen LogP contribution in [0.5, 0.6) is 5.75 Å². The van der Waals surface area contributed by atoms with Gasteiger partial charge in [0.2, 0.25) is 0 Å². The summed E-state index contributed by atoms with van der Waals surface area (Å²) in [4.78, 5) is 15.7. The third kappa shape index (κ3) is 4.23. The molecule has 0 saturated carbocycles. The van der Waals surface area contributed by atoms with E-state index in [0.29, 0.717) is 30.4 Å². The van der Waals surface area contributed by atoms with Crippen molar-refractivity contribution >= 4 is 44.4 Å². The summed E-state index contributed by atoms with van der Waals surface area (Å²) in [6, 6.07) is 10.2. The van der Waals surface area contributed by atoms with Crippen LogP contribution in [-0.2, 0) is 24.0 Å². The van der Waals surface area contributed by atoms with E-state index in [9.17, 15) is 4.79 Å². The van der Waals surface area contributed by atoms with Gasteiger partial charge in [-0.1, -0.05) is 29.8 Å². The first kappa shape index (κ1) is 21.3. The van der Waals surface area contributed by atoms with E-state index >= 15 is 0 Å². The number of H-pyrrole nitrogens is 1. The van der Waals surface area contributed by atoms with Crippen molar-refractivity contribution in [2.24, 2.45) is 0 Å². The van der Waals surface area contributed by atoms with Gasteiger partial charge in [0.25, 0.3) is 0 Å². The number of rotatable bonds is 7. The summed E-state index contributed by atoms with van der Waals surface area (Å²) in [5.74, 6) is 0.663. The number of aromatic nitrogens is 1. The maximum Gasteiger partial charge on any atom is 0.355 e. The Labute approximate surface area is 190 Å². The van der Waals surface area contributed by atoms with Crippen molar-refractivity contribution in [3.05, 3.63) is 62.2 Å². The lowest BCUT2D eigenvalue weighted by Gasteiger charge is -2.19. The van der Waals surface area contributed by atoms with Crippen LogP contribution in [0.3, 0.4) is 0 Å². The highest BCUT2D eigenvalue weighted by Gasteiger charge is 2.21. The Morgan fingerprint density at radius 2 is 2.03 bits per heavy atom. The Morgan fingerprint density at radius 1 is 1.20 bits per heavy atom. The van der Waals surface area contributed by atoms with Crippen molar-refractivity contribution in [2.75, 3.05) is 13.2 Å². The van der Waals surface area contributed by atoms with Crippen LogP contribution in [0.1, 0.15) is 53.4 Å². The molecule has 1 aliphatic carbocycles. The lowest BCUT2D eigenvalue weighted by atomic mass is 9.91. The molecule has 1 heterocycles. The highest BCUT2D eigenvalue weighted by molar-refractivity contribution is 9.10. The van der Waals surface area contributed by atoms with Crippen LogP contribution < -0.4 is 4.74 Å². The summed E-state index contributed by atoms with van der Waals surface area (Å²) < 4.78 is 12.2. The molecular weight excluding hydrogens is 466 g/mol. The summed E-state index contributed by atoms with van der Waals surface area (Å²) in [6.07, 6.45) is 6.22. The minimum atomic E-state index is -0.343. The third-order valence-electron chi connectivity index (χ3n) is 5.63. The monoisotopic (exact) mass is 489 g/mol. The number of aryl methyl sites for hydroxylation is 2. The Bertz CT molecular complexity index is 1080. The number of halogens is 2. The fraction of sp³-hybridized carbons (Fsp3) is 0.375. The molecule has 1 aliphatic rings. The Hall–Kier alpha value is -1.98. The van der Waals surface area contributed by atoms with Gasteiger partial charge in [-0.3, -0.25) is 0 Å². The molecule has 158 valence electrons. The van der Waals surface area contributed by atoms with Gasteiger partial charge < -0.3 is 14.5 Å². The zero-order chi connectivity index (χ0) is 21.1. The number of carbonyl (C=O) groups excluding carboxylic acids is 1. The lowest BCUT2D eigenvalue weighted by molar-refractivity contribution is 0.0519. The number of esters is 1. The van der Waals surface area contributed by atoms with Crippen LogP contribution in [0.15, 0.2) is 34.8 Å². The molecule has 1 aromatic heterocycles. The Morgan fingerprint density at radius 3 is 2.87 bits per heavy atom. The number of hydrogen-bond acceptors (Lipinski definition) is 3. The van der Waals surface area contributed by atoms with Crippen molar-refractivity contribution < 1.29 is 14.3 Å². The summed E-state index contributed by atoms with van der Waals surface area (Å²) in [7, 11) is 0. The lowest BCUT2D eigenvalue weighted by Crippen LogP contribution is -2.10. The van der Waals surface area contributed by atoms with E-state index in [1.807, 2.05) is 12.1 Å². The van der Waals surface area contributed by atoms with Crippen molar-refractivity contribution in [3.8, 4) is 5.75 Å². The normalized spacial score (nSPS) is 13.3. The average Bonchev–Trinajstić information content (AvgIpc) is 3.13. The van der Waals surface area contributed by atoms with Crippen LogP contribution in [-0.4, -0.2) is 24.2 Å². The average molecular weight is 491 g/mol. The van der Waals surface area contributed by atoms with E-state index in [1.54, 1.807) is 6.92 Å². The van der Waals surface area contributed by atoms with E-state index in [0.717, 1.165) is 46.0 Å². The first-order valence-corrected chi connectivity index (χ1v) is 11.7. The van der Waals surface area contributed by atoms with Gasteiger partial charge in [-0.25, -0.2) is 4.79 Å². The molecule has 1 N–H and O–H groups in total. The molecule has 0 saturated heterocycles. The molecule has 0 radical (unpaired) electrons. The zero-order valence-corrected chi connectivity index (χ0v) is 19.4. The summed E-state index contributed by atoms with van der Waals surface area (Å²) in [5, 5.41) is 1.58. The van der Waals surface area contributed by atoms with Crippen LogP contribution in [0.2, 0.25) is 5.02 Å². The van der Waals surface area contributed by atoms with Gasteiger partial charge in [0.1, 0.15) is 11.4 Å². The molecule has 30 heavy (non-hydrogen) atoms. The standard InChI is InChI=1S/C24H25BrClNO3/c1-2-29-24(28)23-17(18-12-13-19(26)21(25)22(18)27-23)10-6-14-30-20-11-5-8-15-7-3-4-9-16(15)20/h5,8,11-13,27H,2-4,6-7,9-10,14H2,1H3. The van der Waals surface area contributed by atoms with Crippen molar-refractivity contribution in [3.63, 3.8) is 0 Å². The minimum Gasteiger partial charge on any atom is -0.493 e. The molecule has 6 heteroatoms. The number of nitrogens with one attached hydrogen (secondary N) is 1. The molecule has 0 amide bonds. The molecule has 0 fully saturated rings. The topological polar surface area (TPSA) is 51.3 Å². The second kappa shape index (κ2) is 9.44. The second-order valence-electron chi connectivity index (χ2n) is 7.54. The maximum atomic E-state index is 12.5.